The molecule has 12 atom stereocenters. The number of carbonyl (C=O) groups excluding carboxylic acids is 8. The van der Waals surface area contributed by atoms with Crippen molar-refractivity contribution in [2.45, 2.75) is 351 Å². The number of rotatable bonds is 45. The van der Waals surface area contributed by atoms with Crippen molar-refractivity contribution in [2.75, 3.05) is 66.1 Å². The first-order valence-corrected chi connectivity index (χ1v) is 47.1. The van der Waals surface area contributed by atoms with E-state index in [0.29, 0.717) is 88.7 Å². The molecule has 7 aromatic rings. The van der Waals surface area contributed by atoms with Crippen molar-refractivity contribution >= 4 is 69.3 Å². The van der Waals surface area contributed by atoms with Crippen molar-refractivity contribution in [3.05, 3.63) is 200 Å². The van der Waals surface area contributed by atoms with Crippen LogP contribution in [0.15, 0.2) is 133 Å². The number of unbranched alkanes of at least 4 members (excludes halogenated alkanes) is 6. The minimum absolute atomic E-state index is 0. The minimum atomic E-state index is -0.797. The fraction of sp³-hybridized carbons (Fsp3) is 0.582. The topological polar surface area (TPSA) is 291 Å². The van der Waals surface area contributed by atoms with Crippen molar-refractivity contribution in [3.63, 3.8) is 0 Å². The second kappa shape index (κ2) is 62.3. The molecule has 2 saturated heterocycles. The fourth-order valence-corrected chi connectivity index (χ4v) is 13.6. The van der Waals surface area contributed by atoms with E-state index in [1.165, 1.54) is 85.8 Å². The third-order valence-corrected chi connectivity index (χ3v) is 23.2. The van der Waals surface area contributed by atoms with E-state index in [9.17, 15) is 38.4 Å². The SMILES string of the molecule is C.C.C.C.CC1c2cccc3cccc(c23)C1C.CC1c2cccc3cccc(c23)C1C.CCC(C)(C)C(=O)OCC1CO1.CCC(C)(C)c1ccc(C(=O)OCC2CO2)cc1.CCCCOC(C)OC(=O)c1cc(C(=O)OC(C)OCCCC)cc(C(=O)OC(C)OCCCC)c1.CCCCOC(C)OC(=O)c1cc(C(=O)OC(C)OCCCC)cc(C(=O)OC(C)OCCCC)c1. The Hall–Kier alpha value is -9.50. The van der Waals surface area contributed by atoms with Crippen LogP contribution in [0.5, 0.6) is 0 Å². The average Bonchev–Trinajstić information content (AvgIpc) is 1.61. The van der Waals surface area contributed by atoms with Crippen LogP contribution < -0.4 is 0 Å². The van der Waals surface area contributed by atoms with Gasteiger partial charge in [-0.1, -0.05) is 250 Å². The Morgan fingerprint density at radius 3 is 0.761 bits per heavy atom. The number of carbonyl (C=O) groups is 8. The molecule has 0 amide bonds. The molecule has 4 aliphatic rings. The summed E-state index contributed by atoms with van der Waals surface area (Å²) in [6.07, 6.45) is 8.00. The number of epoxide rings is 2. The predicted octanol–water partition coefficient (Wildman–Crippen LogP) is 26.2. The van der Waals surface area contributed by atoms with Crippen molar-refractivity contribution in [3.8, 4) is 0 Å². The zero-order valence-corrected chi connectivity index (χ0v) is 81.4. The second-order valence-electron chi connectivity index (χ2n) is 34.7. The maximum Gasteiger partial charge on any atom is 0.340 e. The van der Waals surface area contributed by atoms with Gasteiger partial charge in [-0.05, 0) is 234 Å². The molecule has 24 nitrogen and oxygen atoms in total. The Kier molecular flexibility index (Phi) is 56.0. The van der Waals surface area contributed by atoms with Crippen LogP contribution in [0, 0.1) is 5.41 Å². The Morgan fingerprint density at radius 1 is 0.321 bits per heavy atom. The first-order valence-electron chi connectivity index (χ1n) is 47.1. The van der Waals surface area contributed by atoms with Crippen LogP contribution in [-0.2, 0) is 86.0 Å². The summed E-state index contributed by atoms with van der Waals surface area (Å²) in [5.41, 5.74) is 7.69. The lowest BCUT2D eigenvalue weighted by Crippen LogP contribution is -2.27. The maximum atomic E-state index is 12.8. The Labute approximate surface area is 801 Å². The molecule has 0 N–H and O–H groups in total. The minimum Gasteiger partial charge on any atom is -0.462 e. The largest absolute Gasteiger partial charge is 0.462 e. The molecule has 0 radical (unpaired) electrons. The number of ether oxygens (including phenoxy) is 16. The molecule has 12 unspecified atom stereocenters. The normalized spacial score (nSPS) is 16.8. The molecule has 0 spiro atoms. The van der Waals surface area contributed by atoms with Gasteiger partial charge in [0.05, 0.1) is 97.2 Å². The lowest BCUT2D eigenvalue weighted by Gasteiger charge is -2.23. The highest BCUT2D eigenvalue weighted by atomic mass is 16.7. The van der Waals surface area contributed by atoms with Gasteiger partial charge in [0.25, 0.3) is 0 Å². The zero-order chi connectivity index (χ0) is 95.6. The average molecular weight is 1870 g/mol. The summed E-state index contributed by atoms with van der Waals surface area (Å²) in [7, 11) is 0. The van der Waals surface area contributed by atoms with Crippen LogP contribution in [0.4, 0.5) is 0 Å². The molecule has 24 heteroatoms. The van der Waals surface area contributed by atoms with Crippen LogP contribution in [0.3, 0.4) is 0 Å². The van der Waals surface area contributed by atoms with Gasteiger partial charge >= 0.3 is 47.8 Å². The van der Waals surface area contributed by atoms with E-state index in [2.05, 4.69) is 121 Å². The third-order valence-electron chi connectivity index (χ3n) is 23.2. The van der Waals surface area contributed by atoms with Crippen LogP contribution >= 0.6 is 0 Å². The van der Waals surface area contributed by atoms with Gasteiger partial charge < -0.3 is 75.8 Å². The van der Waals surface area contributed by atoms with Crippen molar-refractivity contribution in [1.29, 1.82) is 0 Å². The van der Waals surface area contributed by atoms with E-state index in [0.717, 1.165) is 96.5 Å². The Balaban J connectivity index is 0.000000569. The number of hydrogen-bond donors (Lipinski definition) is 0. The van der Waals surface area contributed by atoms with Gasteiger partial charge in [0.1, 0.15) is 25.4 Å². The summed E-state index contributed by atoms with van der Waals surface area (Å²) in [6.45, 7) is 48.3. The van der Waals surface area contributed by atoms with Crippen LogP contribution in [0.1, 0.15) is 396 Å². The lowest BCUT2D eigenvalue weighted by atomic mass is 9.82. The van der Waals surface area contributed by atoms with E-state index >= 15 is 0 Å². The molecule has 2 fully saturated rings. The van der Waals surface area contributed by atoms with Crippen molar-refractivity contribution in [2.24, 2.45) is 5.41 Å². The highest BCUT2D eigenvalue weighted by molar-refractivity contribution is 6.02. The smallest absolute Gasteiger partial charge is 0.340 e. The molecule has 2 aliphatic carbocycles. The quantitative estimate of drug-likeness (QED) is 0.0113. The first kappa shape index (κ1) is 121. The molecule has 11 rings (SSSR count). The summed E-state index contributed by atoms with van der Waals surface area (Å²) >= 11 is 0. The van der Waals surface area contributed by atoms with Gasteiger partial charge in [-0.2, -0.15) is 0 Å². The molecule has 2 aliphatic heterocycles. The summed E-state index contributed by atoms with van der Waals surface area (Å²) in [5.74, 6) is -2.18. The molecule has 0 saturated carbocycles. The predicted molar refractivity (Wildman–Crippen MR) is 530 cm³/mol. The standard InChI is InChI=1S/2C27H42O9.C15H20O3.2C14H14.C9H16O3.4CH4/c2*1-7-10-13-31-19(4)34-25(28)22-16-23(26(29)35-20(5)32-14-11-8-2)18-24(17-22)27(30)36-21(6)33-15-12-9-3;1-4-15(2,3)12-7-5-11(6-8-12)14(16)18-10-13-9-17-13;2*1-9-10(2)13-8-4-6-11-5-3-7-12(9)14(11)13;1-4-9(2,3)8(10)12-6-7-5-11-7;;;;/h2*16-21H,7-15H2,1-6H3;5-8,13H,4,9-10H2,1-3H3;2*3-10H,1-2H3;7H,4-6H2,1-3H3;4*1H4. The molecule has 0 bridgehead atoms. The summed E-state index contributed by atoms with van der Waals surface area (Å²) in [5, 5.41) is 5.82. The number of benzene rings is 7. The van der Waals surface area contributed by atoms with Crippen molar-refractivity contribution < 1.29 is 114 Å². The molecule has 134 heavy (non-hydrogen) atoms. The van der Waals surface area contributed by atoms with Gasteiger partial charge in [-0.3, -0.25) is 4.79 Å². The van der Waals surface area contributed by atoms with Crippen LogP contribution in [0.2, 0.25) is 0 Å². The Morgan fingerprint density at radius 2 is 0.552 bits per heavy atom. The lowest BCUT2D eigenvalue weighted by molar-refractivity contribution is -0.154. The van der Waals surface area contributed by atoms with E-state index in [-0.39, 0.29) is 98.1 Å². The first-order chi connectivity index (χ1) is 62.1. The van der Waals surface area contributed by atoms with E-state index in [4.69, 9.17) is 75.8 Å². The molecular weight excluding hydrogens is 1710 g/mol. The van der Waals surface area contributed by atoms with E-state index < -0.39 is 73.6 Å². The van der Waals surface area contributed by atoms with Gasteiger partial charge in [0.2, 0.25) is 0 Å². The molecule has 7 aromatic carbocycles. The van der Waals surface area contributed by atoms with E-state index in [1.54, 1.807) is 41.5 Å². The van der Waals surface area contributed by atoms with Crippen LogP contribution in [0.25, 0.3) is 21.5 Å². The summed E-state index contributed by atoms with van der Waals surface area (Å²) in [4.78, 5) is 99.7. The highest BCUT2D eigenvalue weighted by Crippen LogP contribution is 2.47. The zero-order valence-electron chi connectivity index (χ0n) is 81.4. The van der Waals surface area contributed by atoms with Gasteiger partial charge in [-0.25, -0.2) is 33.6 Å². The molecule has 2 heterocycles. The summed E-state index contributed by atoms with van der Waals surface area (Å²) in [6, 6.07) is 42.2. The van der Waals surface area contributed by atoms with Crippen molar-refractivity contribution in [1.82, 2.24) is 0 Å². The van der Waals surface area contributed by atoms with E-state index in [1.807, 2.05) is 86.6 Å². The fourth-order valence-electron chi connectivity index (χ4n) is 13.6. The van der Waals surface area contributed by atoms with Crippen LogP contribution in [-0.4, -0.2) is 164 Å². The van der Waals surface area contributed by atoms with Gasteiger partial charge in [0, 0.05) is 0 Å². The summed E-state index contributed by atoms with van der Waals surface area (Å²) < 4.78 is 84.9. The molecule has 748 valence electrons. The second-order valence-corrected chi connectivity index (χ2v) is 34.7. The highest BCUT2D eigenvalue weighted by Gasteiger charge is 2.34. The number of esters is 8. The monoisotopic (exact) mass is 1870 g/mol. The number of hydrogen-bond acceptors (Lipinski definition) is 24. The molecular formula is C110H164O24. The maximum absolute atomic E-state index is 12.8. The van der Waals surface area contributed by atoms with Gasteiger partial charge in [-0.15, -0.1) is 0 Å². The molecule has 0 aromatic heterocycles. The third kappa shape index (κ3) is 40.0. The Bertz CT molecular complexity index is 4110. The van der Waals surface area contributed by atoms with Gasteiger partial charge in [0.15, 0.2) is 37.7 Å².